The van der Waals surface area contributed by atoms with Gasteiger partial charge in [0.05, 0.1) is 6.61 Å². The largest absolute Gasteiger partial charge is 0.380 e. The van der Waals surface area contributed by atoms with Crippen molar-refractivity contribution >= 4 is 16.6 Å². The molecular weight excluding hydrogens is 262 g/mol. The minimum Gasteiger partial charge on any atom is -0.380 e. The summed E-state index contributed by atoms with van der Waals surface area (Å²) >= 11 is 0. The summed E-state index contributed by atoms with van der Waals surface area (Å²) in [6, 6.07) is 8.48. The Hall–Kier alpha value is -1.65. The molecule has 0 amide bonds. The van der Waals surface area contributed by atoms with Crippen molar-refractivity contribution in [2.45, 2.75) is 20.4 Å². The highest BCUT2D eigenvalue weighted by Crippen LogP contribution is 2.27. The van der Waals surface area contributed by atoms with Gasteiger partial charge in [-0.25, -0.2) is 4.98 Å². The van der Waals surface area contributed by atoms with Gasteiger partial charge in [-0.3, -0.25) is 0 Å². The normalized spacial score (nSPS) is 11.0. The molecule has 0 spiro atoms. The molecule has 21 heavy (non-hydrogen) atoms. The van der Waals surface area contributed by atoms with Gasteiger partial charge in [-0.05, 0) is 31.8 Å². The highest BCUT2D eigenvalue weighted by molar-refractivity contribution is 5.94. The third-order valence-electron chi connectivity index (χ3n) is 3.61. The molecule has 0 aliphatic rings. The molecule has 1 heterocycles. The SMILES string of the molecule is CCOCCN(CC)c1ncc(CNC)c2ccccc12. The van der Waals surface area contributed by atoms with E-state index in [1.54, 1.807) is 0 Å². The summed E-state index contributed by atoms with van der Waals surface area (Å²) in [5.74, 6) is 1.05. The molecule has 0 atom stereocenters. The molecule has 0 aliphatic heterocycles. The van der Waals surface area contributed by atoms with E-state index in [-0.39, 0.29) is 0 Å². The number of likely N-dealkylation sites (N-methyl/N-ethyl adjacent to an activating group) is 1. The molecule has 0 saturated carbocycles. The van der Waals surface area contributed by atoms with Crippen LogP contribution in [0.2, 0.25) is 0 Å². The first-order valence-corrected chi connectivity index (χ1v) is 7.65. The van der Waals surface area contributed by atoms with E-state index in [1.807, 2.05) is 20.2 Å². The average Bonchev–Trinajstić information content (AvgIpc) is 2.53. The number of fused-ring (bicyclic) bond motifs is 1. The molecule has 2 aromatic rings. The number of nitrogens with one attached hydrogen (secondary N) is 1. The first-order valence-electron chi connectivity index (χ1n) is 7.65. The van der Waals surface area contributed by atoms with Gasteiger partial charge in [0, 0.05) is 37.8 Å². The van der Waals surface area contributed by atoms with E-state index in [1.165, 1.54) is 16.3 Å². The van der Waals surface area contributed by atoms with Gasteiger partial charge in [-0.15, -0.1) is 0 Å². The van der Waals surface area contributed by atoms with E-state index in [2.05, 4.69) is 41.4 Å². The lowest BCUT2D eigenvalue weighted by Gasteiger charge is -2.24. The summed E-state index contributed by atoms with van der Waals surface area (Å²) in [7, 11) is 1.96. The van der Waals surface area contributed by atoms with Crippen LogP contribution in [0.4, 0.5) is 5.82 Å². The third-order valence-corrected chi connectivity index (χ3v) is 3.61. The number of hydrogen-bond acceptors (Lipinski definition) is 4. The zero-order chi connectivity index (χ0) is 15.1. The highest BCUT2D eigenvalue weighted by Gasteiger charge is 2.12. The van der Waals surface area contributed by atoms with Crippen LogP contribution in [-0.4, -0.2) is 38.3 Å². The molecule has 1 aromatic carbocycles. The summed E-state index contributed by atoms with van der Waals surface area (Å²) < 4.78 is 5.48. The van der Waals surface area contributed by atoms with Gasteiger partial charge < -0.3 is 15.0 Å². The molecule has 0 fully saturated rings. The highest BCUT2D eigenvalue weighted by atomic mass is 16.5. The molecule has 0 saturated heterocycles. The van der Waals surface area contributed by atoms with E-state index in [9.17, 15) is 0 Å². The lowest BCUT2D eigenvalue weighted by Crippen LogP contribution is -2.28. The lowest BCUT2D eigenvalue weighted by atomic mass is 10.1. The molecular formula is C17H25N3O. The van der Waals surface area contributed by atoms with Crippen molar-refractivity contribution < 1.29 is 4.74 Å². The van der Waals surface area contributed by atoms with Crippen LogP contribution in [0.1, 0.15) is 19.4 Å². The van der Waals surface area contributed by atoms with Crippen molar-refractivity contribution in [3.05, 3.63) is 36.0 Å². The lowest BCUT2D eigenvalue weighted by molar-refractivity contribution is 0.154. The van der Waals surface area contributed by atoms with Crippen LogP contribution in [0.3, 0.4) is 0 Å². The Balaban J connectivity index is 2.36. The Labute approximate surface area is 127 Å². The standard InChI is InChI=1S/C17H25N3O/c1-4-20(10-11-21-5-2)17-16-9-7-6-8-15(16)14(12-18-3)13-19-17/h6-9,13,18H,4-5,10-12H2,1-3H3. The molecule has 0 unspecified atom stereocenters. The van der Waals surface area contributed by atoms with Gasteiger partial charge in [0.1, 0.15) is 5.82 Å². The minimum atomic E-state index is 0.735. The Bertz CT molecular complexity index is 571. The zero-order valence-electron chi connectivity index (χ0n) is 13.2. The van der Waals surface area contributed by atoms with Crippen LogP contribution in [0, 0.1) is 0 Å². The molecule has 4 nitrogen and oxygen atoms in total. The van der Waals surface area contributed by atoms with E-state index >= 15 is 0 Å². The predicted molar refractivity (Wildman–Crippen MR) is 88.9 cm³/mol. The number of aromatic nitrogens is 1. The summed E-state index contributed by atoms with van der Waals surface area (Å²) in [6.07, 6.45) is 1.98. The maximum absolute atomic E-state index is 5.48. The van der Waals surface area contributed by atoms with Crippen molar-refractivity contribution in [2.24, 2.45) is 0 Å². The van der Waals surface area contributed by atoms with Crippen LogP contribution in [0.15, 0.2) is 30.5 Å². The number of rotatable bonds is 8. The van der Waals surface area contributed by atoms with Gasteiger partial charge in [0.2, 0.25) is 0 Å². The number of ether oxygens (including phenoxy) is 1. The predicted octanol–water partition coefficient (Wildman–Crippen LogP) is 2.82. The van der Waals surface area contributed by atoms with E-state index in [4.69, 9.17) is 9.72 Å². The van der Waals surface area contributed by atoms with Gasteiger partial charge >= 0.3 is 0 Å². The van der Waals surface area contributed by atoms with Crippen LogP contribution in [0.5, 0.6) is 0 Å². The van der Waals surface area contributed by atoms with Crippen molar-refractivity contribution in [2.75, 3.05) is 38.3 Å². The fourth-order valence-electron chi connectivity index (χ4n) is 2.55. The molecule has 0 aliphatic carbocycles. The van der Waals surface area contributed by atoms with Gasteiger partial charge in [-0.1, -0.05) is 24.3 Å². The van der Waals surface area contributed by atoms with E-state index < -0.39 is 0 Å². The molecule has 0 bridgehead atoms. The topological polar surface area (TPSA) is 37.4 Å². The molecule has 1 aromatic heterocycles. The molecule has 114 valence electrons. The number of anilines is 1. The van der Waals surface area contributed by atoms with Gasteiger partial charge in [0.25, 0.3) is 0 Å². The Morgan fingerprint density at radius 3 is 2.62 bits per heavy atom. The summed E-state index contributed by atoms with van der Waals surface area (Å²) in [5.41, 5.74) is 1.23. The second-order valence-electron chi connectivity index (χ2n) is 4.96. The Morgan fingerprint density at radius 2 is 1.95 bits per heavy atom. The van der Waals surface area contributed by atoms with E-state index in [0.717, 1.165) is 38.7 Å². The minimum absolute atomic E-state index is 0.735. The second kappa shape index (κ2) is 7.96. The maximum Gasteiger partial charge on any atom is 0.136 e. The number of nitrogens with zero attached hydrogens (tertiary/aromatic N) is 2. The zero-order valence-corrected chi connectivity index (χ0v) is 13.2. The molecule has 4 heteroatoms. The Kier molecular flexibility index (Phi) is 5.96. The third kappa shape index (κ3) is 3.71. The quantitative estimate of drug-likeness (QED) is 0.758. The fraction of sp³-hybridized carbons (Fsp3) is 0.471. The van der Waals surface area contributed by atoms with Gasteiger partial charge in [-0.2, -0.15) is 0 Å². The van der Waals surface area contributed by atoms with E-state index in [0.29, 0.717) is 0 Å². The average molecular weight is 287 g/mol. The fourth-order valence-corrected chi connectivity index (χ4v) is 2.55. The molecule has 1 N–H and O–H groups in total. The molecule has 2 rings (SSSR count). The smallest absolute Gasteiger partial charge is 0.136 e. The second-order valence-corrected chi connectivity index (χ2v) is 4.96. The van der Waals surface area contributed by atoms with Crippen LogP contribution >= 0.6 is 0 Å². The first-order chi connectivity index (χ1) is 10.3. The van der Waals surface area contributed by atoms with Crippen molar-refractivity contribution in [3.63, 3.8) is 0 Å². The summed E-state index contributed by atoms with van der Waals surface area (Å²) in [4.78, 5) is 6.98. The number of benzene rings is 1. The van der Waals surface area contributed by atoms with Crippen molar-refractivity contribution in [1.82, 2.24) is 10.3 Å². The number of hydrogen-bond donors (Lipinski definition) is 1. The number of pyridine rings is 1. The van der Waals surface area contributed by atoms with Gasteiger partial charge in [0.15, 0.2) is 0 Å². The maximum atomic E-state index is 5.48. The first kappa shape index (κ1) is 15.7. The summed E-state index contributed by atoms with van der Waals surface area (Å²) in [6.45, 7) is 8.30. The molecule has 0 radical (unpaired) electrons. The van der Waals surface area contributed by atoms with Crippen LogP contribution < -0.4 is 10.2 Å². The van der Waals surface area contributed by atoms with Crippen molar-refractivity contribution in [1.29, 1.82) is 0 Å². The Morgan fingerprint density at radius 1 is 1.19 bits per heavy atom. The monoisotopic (exact) mass is 287 g/mol. The summed E-state index contributed by atoms with van der Waals surface area (Å²) in [5, 5.41) is 5.69. The van der Waals surface area contributed by atoms with Crippen LogP contribution in [0.25, 0.3) is 10.8 Å². The van der Waals surface area contributed by atoms with Crippen molar-refractivity contribution in [3.8, 4) is 0 Å². The van der Waals surface area contributed by atoms with Crippen LogP contribution in [-0.2, 0) is 11.3 Å².